The first-order valence-electron chi connectivity index (χ1n) is 6.62. The number of rotatable bonds is 5. The fourth-order valence-electron chi connectivity index (χ4n) is 1.80. The highest BCUT2D eigenvalue weighted by Crippen LogP contribution is 2.28. The first-order chi connectivity index (χ1) is 11.1. The molecule has 0 saturated heterocycles. The second-order valence-electron chi connectivity index (χ2n) is 4.56. The summed E-state index contributed by atoms with van der Waals surface area (Å²) in [5.74, 6) is 0.649. The van der Waals surface area contributed by atoms with Crippen molar-refractivity contribution >= 4 is 40.5 Å². The van der Waals surface area contributed by atoms with Gasteiger partial charge in [0.05, 0.1) is 11.4 Å². The smallest absolute Gasteiger partial charge is 0.311 e. The molecular weight excluding hydrogens is 359 g/mol. The van der Waals surface area contributed by atoms with Crippen LogP contribution in [-0.2, 0) is 11.2 Å². The highest BCUT2D eigenvalue weighted by molar-refractivity contribution is 7.08. The van der Waals surface area contributed by atoms with Gasteiger partial charge < -0.3 is 9.15 Å². The molecule has 2 aromatic heterocycles. The van der Waals surface area contributed by atoms with Crippen LogP contribution in [-0.4, -0.2) is 16.2 Å². The number of benzene rings is 1. The van der Waals surface area contributed by atoms with E-state index < -0.39 is 5.97 Å². The first-order valence-corrected chi connectivity index (χ1v) is 8.32. The van der Waals surface area contributed by atoms with Gasteiger partial charge >= 0.3 is 5.97 Å². The number of hydrogen-bond acceptors (Lipinski definition) is 6. The second kappa shape index (κ2) is 7.12. The van der Waals surface area contributed by atoms with E-state index in [1.54, 1.807) is 23.5 Å². The Hall–Kier alpha value is -1.89. The topological polar surface area (TPSA) is 65.2 Å². The van der Waals surface area contributed by atoms with Gasteiger partial charge in [0.15, 0.2) is 0 Å². The van der Waals surface area contributed by atoms with Gasteiger partial charge in [-0.3, -0.25) is 4.79 Å². The number of halogens is 2. The van der Waals surface area contributed by atoms with Crippen molar-refractivity contribution in [2.75, 3.05) is 0 Å². The van der Waals surface area contributed by atoms with E-state index >= 15 is 0 Å². The summed E-state index contributed by atoms with van der Waals surface area (Å²) in [5.41, 5.74) is 0.865. The molecule has 5 nitrogen and oxygen atoms in total. The third-order valence-electron chi connectivity index (χ3n) is 2.90. The Bertz CT molecular complexity index is 818. The Labute approximate surface area is 145 Å². The molecule has 8 heteroatoms. The van der Waals surface area contributed by atoms with Crippen molar-refractivity contribution < 1.29 is 13.9 Å². The molecule has 0 aliphatic rings. The normalized spacial score (nSPS) is 10.7. The Morgan fingerprint density at radius 2 is 2.13 bits per heavy atom. The van der Waals surface area contributed by atoms with Gasteiger partial charge in [0.1, 0.15) is 5.75 Å². The lowest BCUT2D eigenvalue weighted by atomic mass is 10.3. The molecule has 0 atom stereocenters. The highest BCUT2D eigenvalue weighted by atomic mass is 35.5. The number of aryl methyl sites for hydroxylation is 1. The van der Waals surface area contributed by atoms with Crippen molar-refractivity contribution in [1.82, 2.24) is 10.2 Å². The van der Waals surface area contributed by atoms with Gasteiger partial charge in [0.25, 0.3) is 0 Å². The standard InChI is InChI=1S/C15H10Cl2N2O3S/c16-10-1-2-12(11(17)7-10)21-14(20)4-3-13-18-19-15(22-13)9-5-6-23-8-9/h1-2,5-8H,3-4H2. The zero-order valence-corrected chi connectivity index (χ0v) is 14.0. The van der Waals surface area contributed by atoms with Crippen LogP contribution < -0.4 is 4.74 Å². The van der Waals surface area contributed by atoms with E-state index in [0.29, 0.717) is 23.2 Å². The summed E-state index contributed by atoms with van der Waals surface area (Å²) in [4.78, 5) is 11.9. The lowest BCUT2D eigenvalue weighted by Gasteiger charge is -2.05. The molecule has 1 aromatic carbocycles. The molecule has 0 bridgehead atoms. The number of hydrogen-bond donors (Lipinski definition) is 0. The molecule has 0 spiro atoms. The van der Waals surface area contributed by atoms with Gasteiger partial charge in [0.2, 0.25) is 11.8 Å². The number of nitrogens with zero attached hydrogens (tertiary/aromatic N) is 2. The summed E-state index contributed by atoms with van der Waals surface area (Å²) < 4.78 is 10.7. The zero-order chi connectivity index (χ0) is 16.2. The molecule has 2 heterocycles. The minimum absolute atomic E-state index is 0.101. The maximum Gasteiger partial charge on any atom is 0.311 e. The summed E-state index contributed by atoms with van der Waals surface area (Å²) in [7, 11) is 0. The van der Waals surface area contributed by atoms with E-state index in [9.17, 15) is 4.79 Å². The lowest BCUT2D eigenvalue weighted by Crippen LogP contribution is -2.09. The number of carbonyl (C=O) groups is 1. The quantitative estimate of drug-likeness (QED) is 0.484. The molecule has 0 aliphatic carbocycles. The van der Waals surface area contributed by atoms with E-state index in [1.165, 1.54) is 6.07 Å². The van der Waals surface area contributed by atoms with E-state index in [2.05, 4.69) is 10.2 Å². The number of carbonyl (C=O) groups excluding carboxylic acids is 1. The zero-order valence-electron chi connectivity index (χ0n) is 11.7. The fourth-order valence-corrected chi connectivity index (χ4v) is 2.87. The predicted octanol–water partition coefficient (Wildman–Crippen LogP) is 4.64. The Morgan fingerprint density at radius 1 is 1.26 bits per heavy atom. The summed E-state index contributed by atoms with van der Waals surface area (Å²) >= 11 is 13.3. The van der Waals surface area contributed by atoms with Gasteiger partial charge in [-0.2, -0.15) is 11.3 Å². The Morgan fingerprint density at radius 3 is 2.87 bits per heavy atom. The molecule has 0 amide bonds. The van der Waals surface area contributed by atoms with Crippen LogP contribution in [0.5, 0.6) is 5.75 Å². The molecule has 0 radical (unpaired) electrons. The van der Waals surface area contributed by atoms with E-state index in [0.717, 1.165) is 5.56 Å². The Kier molecular flexibility index (Phi) is 4.95. The molecular formula is C15H10Cl2N2O3S. The van der Waals surface area contributed by atoms with Gasteiger partial charge in [-0.25, -0.2) is 0 Å². The number of thiophene rings is 1. The molecule has 3 rings (SSSR count). The van der Waals surface area contributed by atoms with Crippen molar-refractivity contribution in [1.29, 1.82) is 0 Å². The summed E-state index contributed by atoms with van der Waals surface area (Å²) in [6, 6.07) is 6.54. The Balaban J connectivity index is 1.57. The van der Waals surface area contributed by atoms with Crippen LogP contribution >= 0.6 is 34.5 Å². The average Bonchev–Trinajstić information content (AvgIpc) is 3.18. The van der Waals surface area contributed by atoms with E-state index in [-0.39, 0.29) is 17.2 Å². The van der Waals surface area contributed by atoms with Crippen LogP contribution in [0.25, 0.3) is 11.5 Å². The van der Waals surface area contributed by atoms with Gasteiger partial charge in [-0.05, 0) is 29.6 Å². The van der Waals surface area contributed by atoms with Gasteiger partial charge in [-0.1, -0.05) is 23.2 Å². The molecule has 0 unspecified atom stereocenters. The SMILES string of the molecule is O=C(CCc1nnc(-c2ccsc2)o1)Oc1ccc(Cl)cc1Cl. The summed E-state index contributed by atoms with van der Waals surface area (Å²) in [6.45, 7) is 0. The van der Waals surface area contributed by atoms with Gasteiger partial charge in [-0.15, -0.1) is 10.2 Å². The lowest BCUT2D eigenvalue weighted by molar-refractivity contribution is -0.134. The average molecular weight is 369 g/mol. The van der Waals surface area contributed by atoms with E-state index in [4.69, 9.17) is 32.4 Å². The minimum atomic E-state index is -0.440. The largest absolute Gasteiger partial charge is 0.425 e. The summed E-state index contributed by atoms with van der Waals surface area (Å²) in [5, 5.41) is 12.5. The second-order valence-corrected chi connectivity index (χ2v) is 6.19. The van der Waals surface area contributed by atoms with Crippen molar-refractivity contribution in [3.63, 3.8) is 0 Å². The fraction of sp³-hybridized carbons (Fsp3) is 0.133. The molecule has 118 valence electrons. The molecule has 0 aliphatic heterocycles. The molecule has 3 aromatic rings. The van der Waals surface area contributed by atoms with Crippen molar-refractivity contribution in [3.8, 4) is 17.2 Å². The van der Waals surface area contributed by atoms with Crippen LogP contribution in [0.2, 0.25) is 10.0 Å². The first kappa shape index (κ1) is 16.0. The molecule has 0 fully saturated rings. The van der Waals surface area contributed by atoms with Crippen LogP contribution in [0.3, 0.4) is 0 Å². The van der Waals surface area contributed by atoms with E-state index in [1.807, 2.05) is 16.8 Å². The number of esters is 1. The van der Waals surface area contributed by atoms with Crippen LogP contribution in [0.4, 0.5) is 0 Å². The third-order valence-corrected chi connectivity index (χ3v) is 4.11. The highest BCUT2D eigenvalue weighted by Gasteiger charge is 2.13. The minimum Gasteiger partial charge on any atom is -0.425 e. The maximum atomic E-state index is 11.9. The molecule has 23 heavy (non-hydrogen) atoms. The summed E-state index contributed by atoms with van der Waals surface area (Å²) in [6.07, 6.45) is 0.394. The number of aromatic nitrogens is 2. The van der Waals surface area contributed by atoms with Crippen LogP contribution in [0, 0.1) is 0 Å². The molecule has 0 N–H and O–H groups in total. The maximum absolute atomic E-state index is 11.9. The molecule has 0 saturated carbocycles. The van der Waals surface area contributed by atoms with Crippen molar-refractivity contribution in [2.45, 2.75) is 12.8 Å². The van der Waals surface area contributed by atoms with Gasteiger partial charge in [0, 0.05) is 22.4 Å². The van der Waals surface area contributed by atoms with Crippen molar-refractivity contribution in [2.24, 2.45) is 0 Å². The van der Waals surface area contributed by atoms with Crippen LogP contribution in [0.1, 0.15) is 12.3 Å². The number of ether oxygens (including phenoxy) is 1. The van der Waals surface area contributed by atoms with Crippen molar-refractivity contribution in [3.05, 3.63) is 51.0 Å². The third kappa shape index (κ3) is 4.10. The van der Waals surface area contributed by atoms with Crippen LogP contribution in [0.15, 0.2) is 39.4 Å². The monoisotopic (exact) mass is 368 g/mol. The predicted molar refractivity (Wildman–Crippen MR) is 88.0 cm³/mol.